The van der Waals surface area contributed by atoms with Crippen molar-refractivity contribution < 1.29 is 9.72 Å². The molecule has 2 aromatic rings. The third-order valence-corrected chi connectivity index (χ3v) is 5.65. The van der Waals surface area contributed by atoms with E-state index in [2.05, 4.69) is 12.1 Å². The normalized spacial score (nSPS) is 16.7. The molecule has 26 heavy (non-hydrogen) atoms. The van der Waals surface area contributed by atoms with Crippen LogP contribution in [-0.2, 0) is 6.42 Å². The molecule has 136 valence electrons. The summed E-state index contributed by atoms with van der Waals surface area (Å²) in [5.41, 5.74) is 1.68. The number of thioether (sulfide) groups is 1. The summed E-state index contributed by atoms with van der Waals surface area (Å²) in [7, 11) is 0. The van der Waals surface area contributed by atoms with Gasteiger partial charge in [-0.15, -0.1) is 11.8 Å². The Labute approximate surface area is 157 Å². The van der Waals surface area contributed by atoms with E-state index in [0.717, 1.165) is 32.2 Å². The molecule has 0 aliphatic carbocycles. The molecule has 1 saturated heterocycles. The van der Waals surface area contributed by atoms with Crippen LogP contribution in [0.4, 0.5) is 5.69 Å². The Balaban J connectivity index is 1.73. The second kappa shape index (κ2) is 8.36. The number of carbonyl (C=O) groups excluding carboxylic acids is 1. The minimum Gasteiger partial charge on any atom is -0.336 e. The third kappa shape index (κ3) is 4.07. The van der Waals surface area contributed by atoms with Crippen molar-refractivity contribution in [2.45, 2.75) is 36.6 Å². The van der Waals surface area contributed by atoms with Crippen LogP contribution in [0.2, 0.25) is 0 Å². The largest absolute Gasteiger partial charge is 0.336 e. The number of aryl methyl sites for hydroxylation is 1. The zero-order valence-electron chi connectivity index (χ0n) is 14.8. The highest BCUT2D eigenvalue weighted by molar-refractivity contribution is 7.98. The third-order valence-electron chi connectivity index (χ3n) is 4.87. The summed E-state index contributed by atoms with van der Waals surface area (Å²) < 4.78 is 0. The predicted octanol–water partition coefficient (Wildman–Crippen LogP) is 4.55. The molecule has 3 rings (SSSR count). The fourth-order valence-corrected chi connectivity index (χ4v) is 4.06. The first-order chi connectivity index (χ1) is 12.6. The smallest absolute Gasteiger partial charge is 0.283 e. The van der Waals surface area contributed by atoms with Crippen molar-refractivity contribution in [1.82, 2.24) is 4.90 Å². The number of likely N-dealkylation sites (tertiary alicyclic amines) is 1. The van der Waals surface area contributed by atoms with Gasteiger partial charge in [0.1, 0.15) is 0 Å². The van der Waals surface area contributed by atoms with Gasteiger partial charge in [0.05, 0.1) is 9.82 Å². The van der Waals surface area contributed by atoms with Gasteiger partial charge in [0, 0.05) is 24.2 Å². The summed E-state index contributed by atoms with van der Waals surface area (Å²) in [6, 6.07) is 15.2. The average molecular weight is 370 g/mol. The number of hydrogen-bond donors (Lipinski definition) is 0. The summed E-state index contributed by atoms with van der Waals surface area (Å²) >= 11 is 1.32. The summed E-state index contributed by atoms with van der Waals surface area (Å²) in [4.78, 5) is 26.3. The number of nitro benzene ring substituents is 1. The molecule has 1 heterocycles. The van der Waals surface area contributed by atoms with E-state index in [1.165, 1.54) is 23.4 Å². The zero-order chi connectivity index (χ0) is 18.5. The summed E-state index contributed by atoms with van der Waals surface area (Å²) in [6.45, 7) is 0.719. The van der Waals surface area contributed by atoms with Crippen molar-refractivity contribution in [3.63, 3.8) is 0 Å². The first-order valence-corrected chi connectivity index (χ1v) is 10.00. The molecule has 0 N–H and O–H groups in total. The van der Waals surface area contributed by atoms with Gasteiger partial charge in [-0.05, 0) is 49.6 Å². The zero-order valence-corrected chi connectivity index (χ0v) is 15.6. The first-order valence-electron chi connectivity index (χ1n) is 8.77. The summed E-state index contributed by atoms with van der Waals surface area (Å²) in [5.74, 6) is -0.101. The lowest BCUT2D eigenvalue weighted by molar-refractivity contribution is -0.387. The van der Waals surface area contributed by atoms with Gasteiger partial charge >= 0.3 is 0 Å². The number of benzene rings is 2. The molecule has 1 aliphatic heterocycles. The molecule has 1 atom stereocenters. The SMILES string of the molecule is CSc1ccc(C(=O)N2CCCC2CCc2ccccc2)cc1[N+](=O)[O-]. The molecule has 2 aromatic carbocycles. The number of nitro groups is 1. The minimum absolute atomic E-state index is 0.00313. The Hall–Kier alpha value is -2.34. The molecule has 0 saturated carbocycles. The van der Waals surface area contributed by atoms with E-state index in [1.807, 2.05) is 23.1 Å². The molecule has 1 amide bonds. The van der Waals surface area contributed by atoms with Crippen LogP contribution < -0.4 is 0 Å². The topological polar surface area (TPSA) is 63.5 Å². The van der Waals surface area contributed by atoms with Gasteiger partial charge in [-0.1, -0.05) is 30.3 Å². The highest BCUT2D eigenvalue weighted by Gasteiger charge is 2.30. The van der Waals surface area contributed by atoms with Gasteiger partial charge in [0.2, 0.25) is 0 Å². The van der Waals surface area contributed by atoms with Crippen LogP contribution in [0, 0.1) is 10.1 Å². The van der Waals surface area contributed by atoms with Gasteiger partial charge in [0.25, 0.3) is 11.6 Å². The van der Waals surface area contributed by atoms with E-state index in [4.69, 9.17) is 0 Å². The van der Waals surface area contributed by atoms with E-state index in [1.54, 1.807) is 18.4 Å². The number of hydrogen-bond acceptors (Lipinski definition) is 4. The summed E-state index contributed by atoms with van der Waals surface area (Å²) in [5, 5.41) is 11.3. The molecule has 0 bridgehead atoms. The monoisotopic (exact) mass is 370 g/mol. The Kier molecular flexibility index (Phi) is 5.93. The lowest BCUT2D eigenvalue weighted by atomic mass is 10.0. The molecule has 6 heteroatoms. The molecule has 5 nitrogen and oxygen atoms in total. The van der Waals surface area contributed by atoms with E-state index >= 15 is 0 Å². The molecular weight excluding hydrogens is 348 g/mol. The second-order valence-corrected chi connectivity index (χ2v) is 7.31. The lowest BCUT2D eigenvalue weighted by Crippen LogP contribution is -2.35. The van der Waals surface area contributed by atoms with Gasteiger partial charge in [-0.2, -0.15) is 0 Å². The Morgan fingerprint density at radius 2 is 2.04 bits per heavy atom. The van der Waals surface area contributed by atoms with Crippen molar-refractivity contribution in [3.05, 3.63) is 69.8 Å². The molecule has 0 radical (unpaired) electrons. The van der Waals surface area contributed by atoms with Crippen LogP contribution in [0.25, 0.3) is 0 Å². The molecule has 1 fully saturated rings. The Morgan fingerprint density at radius 3 is 2.73 bits per heavy atom. The van der Waals surface area contributed by atoms with E-state index < -0.39 is 4.92 Å². The van der Waals surface area contributed by atoms with Crippen molar-refractivity contribution >= 4 is 23.4 Å². The fraction of sp³-hybridized carbons (Fsp3) is 0.350. The minimum atomic E-state index is -0.417. The van der Waals surface area contributed by atoms with Gasteiger partial charge < -0.3 is 4.90 Å². The van der Waals surface area contributed by atoms with Crippen LogP contribution in [-0.4, -0.2) is 34.6 Å². The second-order valence-electron chi connectivity index (χ2n) is 6.46. The maximum absolute atomic E-state index is 12.9. The number of rotatable bonds is 6. The van der Waals surface area contributed by atoms with Gasteiger partial charge in [-0.25, -0.2) is 0 Å². The fourth-order valence-electron chi connectivity index (χ4n) is 3.51. The first kappa shape index (κ1) is 18.5. The summed E-state index contributed by atoms with van der Waals surface area (Å²) in [6.07, 6.45) is 5.62. The van der Waals surface area contributed by atoms with Crippen LogP contribution in [0.5, 0.6) is 0 Å². The van der Waals surface area contributed by atoms with E-state index in [-0.39, 0.29) is 17.6 Å². The van der Waals surface area contributed by atoms with Crippen LogP contribution in [0.15, 0.2) is 53.4 Å². The number of nitrogens with zero attached hydrogens (tertiary/aromatic N) is 2. The molecular formula is C20H22N2O3S. The maximum Gasteiger partial charge on any atom is 0.283 e. The highest BCUT2D eigenvalue weighted by atomic mass is 32.2. The number of carbonyl (C=O) groups is 1. The molecule has 1 aliphatic rings. The Morgan fingerprint density at radius 1 is 1.27 bits per heavy atom. The van der Waals surface area contributed by atoms with Gasteiger partial charge in [-0.3, -0.25) is 14.9 Å². The van der Waals surface area contributed by atoms with Crippen molar-refractivity contribution in [1.29, 1.82) is 0 Å². The lowest BCUT2D eigenvalue weighted by Gasteiger charge is -2.25. The average Bonchev–Trinajstić information content (AvgIpc) is 3.14. The molecule has 0 spiro atoms. The van der Waals surface area contributed by atoms with Crippen LogP contribution in [0.3, 0.4) is 0 Å². The standard InChI is InChI=1S/C20H22N2O3S/c1-26-19-12-10-16(14-18(19)22(24)25)20(23)21-13-5-8-17(21)11-9-15-6-3-2-4-7-15/h2-4,6-7,10,12,14,17H,5,8-9,11,13H2,1H3. The van der Waals surface area contributed by atoms with Crippen molar-refractivity contribution in [2.75, 3.05) is 12.8 Å². The predicted molar refractivity (Wildman–Crippen MR) is 104 cm³/mol. The van der Waals surface area contributed by atoms with E-state index in [0.29, 0.717) is 10.5 Å². The van der Waals surface area contributed by atoms with Crippen LogP contribution >= 0.6 is 11.8 Å². The quantitative estimate of drug-likeness (QED) is 0.425. The van der Waals surface area contributed by atoms with Crippen molar-refractivity contribution in [2.24, 2.45) is 0 Å². The highest BCUT2D eigenvalue weighted by Crippen LogP contribution is 2.30. The maximum atomic E-state index is 12.9. The molecule has 0 aromatic heterocycles. The van der Waals surface area contributed by atoms with Crippen molar-refractivity contribution in [3.8, 4) is 0 Å². The van der Waals surface area contributed by atoms with Gasteiger partial charge in [0.15, 0.2) is 0 Å². The number of amides is 1. The molecule has 1 unspecified atom stereocenters. The van der Waals surface area contributed by atoms with Crippen LogP contribution in [0.1, 0.15) is 35.2 Å². The van der Waals surface area contributed by atoms with E-state index in [9.17, 15) is 14.9 Å². The Bertz CT molecular complexity index is 795.